The molecule has 0 spiro atoms. The fourth-order valence-electron chi connectivity index (χ4n) is 6.01. The minimum atomic E-state index is -1.33. The predicted octanol–water partition coefficient (Wildman–Crippen LogP) is 4.54. The van der Waals surface area contributed by atoms with Crippen molar-refractivity contribution < 1.29 is 24.0 Å². The van der Waals surface area contributed by atoms with Crippen LogP contribution < -0.4 is 10.6 Å². The number of likely N-dealkylation sites (N-methyl/N-ethyl adjacent to an activating group) is 1. The molecular formula is C35H35N5O5. The maximum atomic E-state index is 14.4. The van der Waals surface area contributed by atoms with Gasteiger partial charge in [-0.05, 0) is 63.8 Å². The Morgan fingerprint density at radius 1 is 0.889 bits per heavy atom. The lowest BCUT2D eigenvalue weighted by Gasteiger charge is -2.31. The summed E-state index contributed by atoms with van der Waals surface area (Å²) in [6, 6.07) is 26.3. The Morgan fingerprint density at radius 2 is 1.47 bits per heavy atom. The molecule has 1 aliphatic rings. The summed E-state index contributed by atoms with van der Waals surface area (Å²) < 4.78 is 5.41. The zero-order valence-electron chi connectivity index (χ0n) is 25.0. The number of aromatic carboxylic acids is 1. The van der Waals surface area contributed by atoms with Crippen molar-refractivity contribution >= 4 is 39.3 Å². The van der Waals surface area contributed by atoms with Gasteiger partial charge in [0, 0.05) is 25.8 Å². The number of aromatic nitrogens is 2. The molecule has 0 saturated carbocycles. The van der Waals surface area contributed by atoms with Crippen LogP contribution in [-0.4, -0.2) is 64.1 Å². The number of fused-ring (bicyclic) bond motifs is 2. The lowest BCUT2D eigenvalue weighted by Crippen LogP contribution is -2.52. The summed E-state index contributed by atoms with van der Waals surface area (Å²) in [5.41, 5.74) is 1.81. The highest BCUT2D eigenvalue weighted by Crippen LogP contribution is 2.27. The number of hydrogen-bond donors (Lipinski definition) is 3. The van der Waals surface area contributed by atoms with E-state index < -0.39 is 23.9 Å². The van der Waals surface area contributed by atoms with Crippen molar-refractivity contribution in [3.8, 4) is 0 Å². The first-order valence-corrected chi connectivity index (χ1v) is 15.2. The standard InChI is InChI=1S/C35H35N5O5/c1-40(30(33-38-31(35(43)44)39-45-33)21-23-11-13-25-7-3-5-9-28(25)19-23)34(42)29(37-32(41)26-14-16-36-17-15-26)20-22-10-12-24-6-2-4-8-27(24)18-22/h2-13,18-19,26,29-30,36H,14-17,20-21H2,1H3,(H,37,41)(H,43,44). The molecule has 2 heterocycles. The minimum Gasteiger partial charge on any atom is -0.475 e. The second-order valence-corrected chi connectivity index (χ2v) is 11.6. The first-order valence-electron chi connectivity index (χ1n) is 15.2. The molecule has 1 aromatic heterocycles. The number of benzene rings is 4. The van der Waals surface area contributed by atoms with Gasteiger partial charge >= 0.3 is 5.97 Å². The molecule has 5 aromatic rings. The van der Waals surface area contributed by atoms with Gasteiger partial charge in [-0.1, -0.05) is 84.9 Å². The third-order valence-electron chi connectivity index (χ3n) is 8.55. The third-order valence-corrected chi connectivity index (χ3v) is 8.55. The number of amides is 2. The fraction of sp³-hybridized carbons (Fsp3) is 0.286. The highest BCUT2D eigenvalue weighted by atomic mass is 16.5. The predicted molar refractivity (Wildman–Crippen MR) is 170 cm³/mol. The maximum absolute atomic E-state index is 14.4. The summed E-state index contributed by atoms with van der Waals surface area (Å²) in [4.78, 5) is 45.0. The largest absolute Gasteiger partial charge is 0.475 e. The van der Waals surface area contributed by atoms with Crippen LogP contribution in [-0.2, 0) is 22.4 Å². The van der Waals surface area contributed by atoms with Crippen LogP contribution >= 0.6 is 0 Å². The van der Waals surface area contributed by atoms with Gasteiger partial charge in [0.25, 0.3) is 5.82 Å². The second-order valence-electron chi connectivity index (χ2n) is 11.6. The Balaban J connectivity index is 1.32. The number of carboxylic acids is 1. The first-order chi connectivity index (χ1) is 21.9. The summed E-state index contributed by atoms with van der Waals surface area (Å²) in [7, 11) is 1.63. The Labute approximate surface area is 260 Å². The van der Waals surface area contributed by atoms with Gasteiger partial charge in [-0.3, -0.25) is 9.59 Å². The van der Waals surface area contributed by atoms with E-state index in [0.717, 1.165) is 45.8 Å². The molecule has 230 valence electrons. The number of carbonyl (C=O) groups is 3. The van der Waals surface area contributed by atoms with E-state index >= 15 is 0 Å². The normalized spacial score (nSPS) is 15.0. The van der Waals surface area contributed by atoms with Gasteiger partial charge in [0.2, 0.25) is 17.7 Å². The molecule has 1 fully saturated rings. The number of nitrogens with one attached hydrogen (secondary N) is 2. The van der Waals surface area contributed by atoms with Gasteiger partial charge in [-0.25, -0.2) is 4.79 Å². The Hall–Kier alpha value is -5.09. The lowest BCUT2D eigenvalue weighted by atomic mass is 9.95. The molecular weight excluding hydrogens is 570 g/mol. The van der Waals surface area contributed by atoms with Crippen LogP contribution in [0.4, 0.5) is 0 Å². The van der Waals surface area contributed by atoms with E-state index in [4.69, 9.17) is 4.52 Å². The number of piperidine rings is 1. The molecule has 2 atom stereocenters. The van der Waals surface area contributed by atoms with E-state index in [0.29, 0.717) is 19.3 Å². The van der Waals surface area contributed by atoms with Gasteiger partial charge in [-0.15, -0.1) is 0 Å². The molecule has 3 N–H and O–H groups in total. The molecule has 10 nitrogen and oxygen atoms in total. The van der Waals surface area contributed by atoms with E-state index in [9.17, 15) is 19.5 Å². The number of rotatable bonds is 10. The maximum Gasteiger partial charge on any atom is 0.377 e. The van der Waals surface area contributed by atoms with Crippen molar-refractivity contribution in [2.24, 2.45) is 5.92 Å². The van der Waals surface area contributed by atoms with Crippen LogP contribution in [0.15, 0.2) is 89.5 Å². The van der Waals surface area contributed by atoms with Crippen LogP contribution in [0.1, 0.15) is 46.5 Å². The van der Waals surface area contributed by atoms with Crippen LogP contribution in [0.2, 0.25) is 0 Å². The minimum absolute atomic E-state index is 0.00513. The van der Waals surface area contributed by atoms with Crippen LogP contribution in [0.3, 0.4) is 0 Å². The first kappa shape index (κ1) is 30.0. The monoisotopic (exact) mass is 605 g/mol. The molecule has 6 rings (SSSR count). The summed E-state index contributed by atoms with van der Waals surface area (Å²) >= 11 is 0. The zero-order chi connectivity index (χ0) is 31.3. The molecule has 2 unspecified atom stereocenters. The number of nitrogens with zero attached hydrogens (tertiary/aromatic N) is 3. The van der Waals surface area contributed by atoms with Gasteiger partial charge < -0.3 is 25.2 Å². The third kappa shape index (κ3) is 6.86. The summed E-state index contributed by atoms with van der Waals surface area (Å²) in [5, 5.41) is 23.7. The average molecular weight is 606 g/mol. The van der Waals surface area contributed by atoms with Crippen molar-refractivity contribution in [3.63, 3.8) is 0 Å². The molecule has 2 amide bonds. The number of carbonyl (C=O) groups excluding carboxylic acids is 2. The van der Waals surface area contributed by atoms with Crippen LogP contribution in [0.25, 0.3) is 21.5 Å². The molecule has 10 heteroatoms. The second kappa shape index (κ2) is 13.3. The van der Waals surface area contributed by atoms with Crippen molar-refractivity contribution in [1.29, 1.82) is 0 Å². The summed E-state index contributed by atoms with van der Waals surface area (Å²) in [6.45, 7) is 1.50. The van der Waals surface area contributed by atoms with Gasteiger partial charge in [-0.2, -0.15) is 4.98 Å². The Bertz CT molecular complexity index is 1850. The molecule has 45 heavy (non-hydrogen) atoms. The van der Waals surface area contributed by atoms with Crippen molar-refractivity contribution in [2.45, 2.75) is 37.8 Å². The SMILES string of the molecule is CN(C(=O)C(Cc1ccc2ccccc2c1)NC(=O)C1CCNCC1)C(Cc1ccc2ccccc2c1)c1nc(C(=O)O)no1. The van der Waals surface area contributed by atoms with E-state index in [1.807, 2.05) is 84.9 Å². The number of carboxylic acid groups (broad SMARTS) is 1. The summed E-state index contributed by atoms with van der Waals surface area (Å²) in [5.74, 6) is -2.49. The lowest BCUT2D eigenvalue weighted by molar-refractivity contribution is -0.138. The van der Waals surface area contributed by atoms with Crippen molar-refractivity contribution in [1.82, 2.24) is 25.7 Å². The van der Waals surface area contributed by atoms with Gasteiger partial charge in [0.15, 0.2) is 0 Å². The van der Waals surface area contributed by atoms with Crippen LogP contribution in [0, 0.1) is 5.92 Å². The van der Waals surface area contributed by atoms with Gasteiger partial charge in [0.1, 0.15) is 12.1 Å². The van der Waals surface area contributed by atoms with E-state index in [1.165, 1.54) is 4.90 Å². The molecule has 0 radical (unpaired) electrons. The smallest absolute Gasteiger partial charge is 0.377 e. The Kier molecular flexibility index (Phi) is 8.84. The molecule has 1 saturated heterocycles. The fourth-order valence-corrected chi connectivity index (χ4v) is 6.01. The van der Waals surface area contributed by atoms with Gasteiger partial charge in [0.05, 0.1) is 0 Å². The molecule has 0 aliphatic carbocycles. The molecule has 1 aliphatic heterocycles. The summed E-state index contributed by atoms with van der Waals surface area (Å²) in [6.07, 6.45) is 1.96. The van der Waals surface area contributed by atoms with Crippen molar-refractivity contribution in [3.05, 3.63) is 108 Å². The van der Waals surface area contributed by atoms with E-state index in [1.54, 1.807) is 7.05 Å². The quantitative estimate of drug-likeness (QED) is 0.211. The zero-order valence-corrected chi connectivity index (χ0v) is 25.0. The molecule has 0 bridgehead atoms. The topological polar surface area (TPSA) is 138 Å². The van der Waals surface area contributed by atoms with Crippen molar-refractivity contribution in [2.75, 3.05) is 20.1 Å². The highest BCUT2D eigenvalue weighted by Gasteiger charge is 2.34. The average Bonchev–Trinajstić information content (AvgIpc) is 3.57. The van der Waals surface area contributed by atoms with E-state index in [-0.39, 0.29) is 30.0 Å². The van der Waals surface area contributed by atoms with Crippen LogP contribution in [0.5, 0.6) is 0 Å². The van der Waals surface area contributed by atoms with E-state index in [2.05, 4.69) is 20.8 Å². The number of hydrogen-bond acceptors (Lipinski definition) is 7. The molecule has 4 aromatic carbocycles. The highest BCUT2D eigenvalue weighted by molar-refractivity contribution is 5.90. The Morgan fingerprint density at radius 3 is 2.04 bits per heavy atom.